The predicted molar refractivity (Wildman–Crippen MR) is 108 cm³/mol. The summed E-state index contributed by atoms with van der Waals surface area (Å²) in [6.07, 6.45) is 5.08. The molecule has 0 radical (unpaired) electrons. The van der Waals surface area contributed by atoms with Crippen LogP contribution in [0.5, 0.6) is 0 Å². The minimum atomic E-state index is -3.42. The Bertz CT molecular complexity index is 792. The SMILES string of the molecule is CCCCCCn1c(SCCCS(N)(=O)=O)nnc1-c1ccc(Cl)cc1. The van der Waals surface area contributed by atoms with Crippen LogP contribution in [-0.2, 0) is 16.6 Å². The van der Waals surface area contributed by atoms with Crippen LogP contribution in [0.25, 0.3) is 11.4 Å². The van der Waals surface area contributed by atoms with E-state index in [0.717, 1.165) is 35.9 Å². The van der Waals surface area contributed by atoms with Crippen LogP contribution in [0.15, 0.2) is 29.4 Å². The number of sulfonamides is 1. The Morgan fingerprint density at radius 2 is 1.85 bits per heavy atom. The number of hydrogen-bond donors (Lipinski definition) is 1. The maximum atomic E-state index is 11.1. The number of rotatable bonds is 11. The lowest BCUT2D eigenvalue weighted by atomic mass is 10.2. The van der Waals surface area contributed by atoms with Gasteiger partial charge in [0, 0.05) is 22.9 Å². The summed E-state index contributed by atoms with van der Waals surface area (Å²) >= 11 is 7.49. The third-order valence-electron chi connectivity index (χ3n) is 3.86. The molecule has 2 aromatic rings. The Kier molecular flexibility index (Phi) is 8.40. The zero-order valence-electron chi connectivity index (χ0n) is 14.9. The molecule has 26 heavy (non-hydrogen) atoms. The van der Waals surface area contributed by atoms with E-state index in [1.807, 2.05) is 24.3 Å². The summed E-state index contributed by atoms with van der Waals surface area (Å²) in [4.78, 5) is 0. The van der Waals surface area contributed by atoms with Crippen molar-refractivity contribution in [3.05, 3.63) is 29.3 Å². The van der Waals surface area contributed by atoms with Crippen molar-refractivity contribution < 1.29 is 8.42 Å². The molecular formula is C17H25ClN4O2S2. The molecule has 0 fully saturated rings. The lowest BCUT2D eigenvalue weighted by Gasteiger charge is -2.10. The van der Waals surface area contributed by atoms with Gasteiger partial charge in [-0.2, -0.15) is 0 Å². The maximum Gasteiger partial charge on any atom is 0.209 e. The number of thioether (sulfide) groups is 1. The number of nitrogens with zero attached hydrogens (tertiary/aromatic N) is 3. The van der Waals surface area contributed by atoms with Gasteiger partial charge in [0.2, 0.25) is 10.0 Å². The first-order valence-electron chi connectivity index (χ1n) is 8.73. The fourth-order valence-electron chi connectivity index (χ4n) is 2.53. The van der Waals surface area contributed by atoms with Crippen molar-refractivity contribution >= 4 is 33.4 Å². The molecule has 144 valence electrons. The standard InChI is InChI=1S/C17H25ClN4O2S2/c1-2-3-4-5-11-22-16(14-7-9-15(18)10-8-14)20-21-17(22)25-12-6-13-26(19,23)24/h7-10H,2-6,11-13H2,1H3,(H2,19,23,24). The van der Waals surface area contributed by atoms with Gasteiger partial charge in [-0.15, -0.1) is 10.2 Å². The molecule has 1 aromatic carbocycles. The lowest BCUT2D eigenvalue weighted by molar-refractivity contribution is 0.556. The van der Waals surface area contributed by atoms with Crippen LogP contribution in [-0.4, -0.2) is 34.7 Å². The lowest BCUT2D eigenvalue weighted by Crippen LogP contribution is -2.16. The summed E-state index contributed by atoms with van der Waals surface area (Å²) in [6, 6.07) is 7.55. The summed E-state index contributed by atoms with van der Waals surface area (Å²) in [5.74, 6) is 1.42. The van der Waals surface area contributed by atoms with Gasteiger partial charge in [0.25, 0.3) is 0 Å². The number of halogens is 1. The van der Waals surface area contributed by atoms with E-state index in [1.165, 1.54) is 24.6 Å². The first kappa shape index (κ1) is 21.2. The van der Waals surface area contributed by atoms with Gasteiger partial charge >= 0.3 is 0 Å². The highest BCUT2D eigenvalue weighted by molar-refractivity contribution is 7.99. The van der Waals surface area contributed by atoms with Gasteiger partial charge in [0.15, 0.2) is 11.0 Å². The van der Waals surface area contributed by atoms with Crippen molar-refractivity contribution in [2.24, 2.45) is 5.14 Å². The fourth-order valence-corrected chi connectivity index (χ4v) is 4.29. The highest BCUT2D eigenvalue weighted by Crippen LogP contribution is 2.26. The number of nitrogens with two attached hydrogens (primary N) is 1. The Labute approximate surface area is 164 Å². The molecule has 9 heteroatoms. The summed E-state index contributed by atoms with van der Waals surface area (Å²) in [7, 11) is -3.42. The molecule has 2 rings (SSSR count). The van der Waals surface area contributed by atoms with E-state index in [0.29, 0.717) is 17.2 Å². The summed E-state index contributed by atoms with van der Waals surface area (Å²) in [6.45, 7) is 3.02. The molecule has 0 aliphatic carbocycles. The number of primary sulfonamides is 1. The van der Waals surface area contributed by atoms with Crippen molar-refractivity contribution in [2.75, 3.05) is 11.5 Å². The molecule has 0 bridgehead atoms. The zero-order chi connectivity index (χ0) is 19.0. The third kappa shape index (κ3) is 6.90. The minimum Gasteiger partial charge on any atom is -0.302 e. The van der Waals surface area contributed by atoms with E-state index in [1.54, 1.807) is 0 Å². The number of aromatic nitrogens is 3. The second kappa shape index (κ2) is 10.3. The molecule has 0 spiro atoms. The zero-order valence-corrected chi connectivity index (χ0v) is 17.3. The van der Waals surface area contributed by atoms with Crippen molar-refractivity contribution in [1.29, 1.82) is 0 Å². The summed E-state index contributed by atoms with van der Waals surface area (Å²) < 4.78 is 24.2. The highest BCUT2D eigenvalue weighted by atomic mass is 35.5. The Balaban J connectivity index is 2.11. The van der Waals surface area contributed by atoms with Gasteiger partial charge in [-0.25, -0.2) is 13.6 Å². The molecule has 1 heterocycles. The first-order chi connectivity index (χ1) is 12.4. The Morgan fingerprint density at radius 1 is 1.12 bits per heavy atom. The van der Waals surface area contributed by atoms with Crippen LogP contribution >= 0.6 is 23.4 Å². The fraction of sp³-hybridized carbons (Fsp3) is 0.529. The molecule has 1 aromatic heterocycles. The van der Waals surface area contributed by atoms with E-state index in [9.17, 15) is 8.42 Å². The van der Waals surface area contributed by atoms with Crippen LogP contribution in [0.1, 0.15) is 39.0 Å². The number of benzene rings is 1. The van der Waals surface area contributed by atoms with Crippen molar-refractivity contribution in [1.82, 2.24) is 14.8 Å². The average Bonchev–Trinajstić information content (AvgIpc) is 2.98. The monoisotopic (exact) mass is 416 g/mol. The van der Waals surface area contributed by atoms with E-state index in [4.69, 9.17) is 16.7 Å². The topological polar surface area (TPSA) is 90.9 Å². The van der Waals surface area contributed by atoms with Crippen LogP contribution < -0.4 is 5.14 Å². The van der Waals surface area contributed by atoms with Gasteiger partial charge < -0.3 is 4.57 Å². The number of hydrogen-bond acceptors (Lipinski definition) is 5. The van der Waals surface area contributed by atoms with Gasteiger partial charge in [-0.1, -0.05) is 49.5 Å². The van der Waals surface area contributed by atoms with Gasteiger partial charge in [0.1, 0.15) is 0 Å². The van der Waals surface area contributed by atoms with E-state index in [2.05, 4.69) is 21.7 Å². The highest BCUT2D eigenvalue weighted by Gasteiger charge is 2.14. The van der Waals surface area contributed by atoms with Crippen molar-refractivity contribution in [3.63, 3.8) is 0 Å². The Morgan fingerprint density at radius 3 is 2.50 bits per heavy atom. The average molecular weight is 417 g/mol. The molecule has 0 aliphatic heterocycles. The van der Waals surface area contributed by atoms with Gasteiger partial charge in [0.05, 0.1) is 5.75 Å². The van der Waals surface area contributed by atoms with Gasteiger partial charge in [-0.3, -0.25) is 0 Å². The van der Waals surface area contributed by atoms with E-state index >= 15 is 0 Å². The third-order valence-corrected chi connectivity index (χ3v) is 6.02. The first-order valence-corrected chi connectivity index (χ1v) is 11.8. The molecule has 0 atom stereocenters. The van der Waals surface area contributed by atoms with Gasteiger partial charge in [-0.05, 0) is 37.1 Å². The number of unbranched alkanes of at least 4 members (excludes halogenated alkanes) is 3. The predicted octanol–water partition coefficient (Wildman–Crippen LogP) is 3.95. The molecule has 6 nitrogen and oxygen atoms in total. The molecule has 0 aliphatic rings. The smallest absolute Gasteiger partial charge is 0.209 e. The maximum absolute atomic E-state index is 11.1. The van der Waals surface area contributed by atoms with Crippen LogP contribution in [0.3, 0.4) is 0 Å². The molecule has 0 amide bonds. The second-order valence-electron chi connectivity index (χ2n) is 6.09. The Hall–Kier alpha value is -1.09. The quantitative estimate of drug-likeness (QED) is 0.442. The van der Waals surface area contributed by atoms with Crippen LogP contribution in [0.2, 0.25) is 5.02 Å². The summed E-state index contributed by atoms with van der Waals surface area (Å²) in [5, 5.41) is 15.2. The molecule has 0 saturated heterocycles. The molecule has 2 N–H and O–H groups in total. The molecule has 0 saturated carbocycles. The van der Waals surface area contributed by atoms with Crippen molar-refractivity contribution in [3.8, 4) is 11.4 Å². The van der Waals surface area contributed by atoms with Crippen LogP contribution in [0.4, 0.5) is 0 Å². The molecular weight excluding hydrogens is 392 g/mol. The molecule has 0 unspecified atom stereocenters. The van der Waals surface area contributed by atoms with E-state index < -0.39 is 10.0 Å². The second-order valence-corrected chi connectivity index (χ2v) is 9.33. The largest absolute Gasteiger partial charge is 0.302 e. The minimum absolute atomic E-state index is 0.0192. The normalized spacial score (nSPS) is 11.8. The van der Waals surface area contributed by atoms with Crippen molar-refractivity contribution in [2.45, 2.75) is 50.7 Å². The van der Waals surface area contributed by atoms with Crippen LogP contribution in [0, 0.1) is 0 Å². The summed E-state index contributed by atoms with van der Waals surface area (Å²) in [5.41, 5.74) is 0.966. The van der Waals surface area contributed by atoms with E-state index in [-0.39, 0.29) is 5.75 Å².